The van der Waals surface area contributed by atoms with Gasteiger partial charge in [-0.2, -0.15) is 12.9 Å². The summed E-state index contributed by atoms with van der Waals surface area (Å²) in [5, 5.41) is 3.16. The maximum atomic E-state index is 15.1. The maximum absolute atomic E-state index is 15.1. The van der Waals surface area contributed by atoms with Crippen molar-refractivity contribution in [1.82, 2.24) is 12.9 Å². The van der Waals surface area contributed by atoms with Crippen LogP contribution in [0.4, 0.5) is 5.69 Å². The van der Waals surface area contributed by atoms with Crippen LogP contribution in [-0.4, -0.2) is 90.5 Å². The molecule has 0 radical (unpaired) electrons. The van der Waals surface area contributed by atoms with Gasteiger partial charge in [0.05, 0.1) is 14.7 Å². The van der Waals surface area contributed by atoms with E-state index in [2.05, 4.69) is 33.0 Å². The molecule has 1 heterocycles. The number of hydrogen-bond donors (Lipinski definition) is 2. The van der Waals surface area contributed by atoms with Crippen molar-refractivity contribution in [2.24, 2.45) is 5.73 Å². The van der Waals surface area contributed by atoms with Gasteiger partial charge in [-0.05, 0) is 93.2 Å². The normalized spacial score (nSPS) is 17.7. The van der Waals surface area contributed by atoms with E-state index in [0.717, 1.165) is 39.1 Å². The lowest BCUT2D eigenvalue weighted by atomic mass is 9.89. The number of nitrogens with zero attached hydrogens (tertiary/aromatic N) is 3. The molecule has 0 atom stereocenters. The highest BCUT2D eigenvalue weighted by Gasteiger charge is 2.34. The minimum absolute atomic E-state index is 0.0401. The quantitative estimate of drug-likeness (QED) is 0.143. The molecule has 1 aliphatic rings. The largest absolute Gasteiger partial charge is 0.384 e. The lowest BCUT2D eigenvalue weighted by molar-refractivity contribution is 0.462. The average molecular weight is 938 g/mol. The van der Waals surface area contributed by atoms with Crippen LogP contribution in [0.15, 0.2) is 99.7 Å². The number of rotatable bonds is 15. The first-order valence-corrected chi connectivity index (χ1v) is 27.1. The standard InChI is InChI=1S/C50H75N5O6S3/c1-35(2)41-31-45(37(5)6)49(46(32-41)38(7)8)63(58,59)54-27-15-13-25-53(62(56,57)44-21-19-43(20-22-44)52-24-23-51)26-14-16-28-55(30-18-17-29-54)64(60,61)50-47(39(9)10)33-42(36(3)4)34-48(50)40(11)12/h13-22,31-40,52H,23-30,51H2,1-12H3/b15-13+,16-14+,18-17+. The number of nitrogens with one attached hydrogen (secondary N) is 1. The molecule has 354 valence electrons. The van der Waals surface area contributed by atoms with Crippen LogP contribution >= 0.6 is 0 Å². The molecule has 0 saturated heterocycles. The first kappa shape index (κ1) is 53.0. The summed E-state index contributed by atoms with van der Waals surface area (Å²) in [6.45, 7) is 25.1. The number of anilines is 1. The molecule has 3 aromatic rings. The summed E-state index contributed by atoms with van der Waals surface area (Å²) < 4.78 is 93.1. The monoisotopic (exact) mass is 937 g/mol. The Morgan fingerprint density at radius 2 is 0.734 bits per heavy atom. The molecule has 0 spiro atoms. The van der Waals surface area contributed by atoms with Gasteiger partial charge in [0.25, 0.3) is 0 Å². The van der Waals surface area contributed by atoms with Crippen LogP contribution in [0.2, 0.25) is 0 Å². The predicted molar refractivity (Wildman–Crippen MR) is 265 cm³/mol. The van der Waals surface area contributed by atoms with Crippen LogP contribution < -0.4 is 11.1 Å². The Labute approximate surface area is 387 Å². The number of sulfonamides is 3. The molecule has 14 heteroatoms. The Kier molecular flexibility index (Phi) is 18.8. The first-order valence-electron chi connectivity index (χ1n) is 22.8. The fourth-order valence-corrected chi connectivity index (χ4v) is 13.1. The predicted octanol–water partition coefficient (Wildman–Crippen LogP) is 9.85. The molecule has 3 N–H and O–H groups in total. The highest BCUT2D eigenvalue weighted by molar-refractivity contribution is 7.89. The first-order chi connectivity index (χ1) is 30.0. The summed E-state index contributed by atoms with van der Waals surface area (Å²) in [5.41, 5.74) is 11.5. The van der Waals surface area contributed by atoms with E-state index in [4.69, 9.17) is 5.73 Å². The molecule has 0 amide bonds. The van der Waals surface area contributed by atoms with E-state index in [-0.39, 0.29) is 89.5 Å². The van der Waals surface area contributed by atoms with Gasteiger partial charge in [-0.1, -0.05) is 144 Å². The zero-order chi connectivity index (χ0) is 47.7. The van der Waals surface area contributed by atoms with Crippen LogP contribution in [0, 0.1) is 0 Å². The van der Waals surface area contributed by atoms with Gasteiger partial charge in [0, 0.05) is 58.0 Å². The minimum Gasteiger partial charge on any atom is -0.384 e. The number of hydrogen-bond acceptors (Lipinski definition) is 8. The molecule has 0 unspecified atom stereocenters. The Morgan fingerprint density at radius 3 is 0.984 bits per heavy atom. The molecule has 1 aliphatic heterocycles. The van der Waals surface area contributed by atoms with E-state index in [1.165, 1.54) is 25.0 Å². The zero-order valence-electron chi connectivity index (χ0n) is 40.3. The molecular weight excluding hydrogens is 863 g/mol. The second kappa shape index (κ2) is 22.7. The minimum atomic E-state index is -4.15. The topological polar surface area (TPSA) is 150 Å². The van der Waals surface area contributed by atoms with Gasteiger partial charge < -0.3 is 11.1 Å². The van der Waals surface area contributed by atoms with Crippen molar-refractivity contribution in [3.8, 4) is 0 Å². The highest BCUT2D eigenvalue weighted by Crippen LogP contribution is 2.38. The van der Waals surface area contributed by atoms with Gasteiger partial charge in [0.15, 0.2) is 0 Å². The lowest BCUT2D eigenvalue weighted by Crippen LogP contribution is -2.34. The van der Waals surface area contributed by atoms with E-state index >= 15 is 16.8 Å². The van der Waals surface area contributed by atoms with Crippen molar-refractivity contribution in [2.45, 2.75) is 133 Å². The molecular formula is C50H75N5O6S3. The summed E-state index contributed by atoms with van der Waals surface area (Å²) in [5.74, 6) is 0.0198. The van der Waals surface area contributed by atoms with E-state index < -0.39 is 30.1 Å². The molecule has 0 aromatic heterocycles. The van der Waals surface area contributed by atoms with Crippen LogP contribution in [0.3, 0.4) is 0 Å². The molecule has 0 bridgehead atoms. The Balaban J connectivity index is 1.91. The smallest absolute Gasteiger partial charge is 0.244 e. The Morgan fingerprint density at radius 1 is 0.453 bits per heavy atom. The van der Waals surface area contributed by atoms with Crippen LogP contribution in [0.1, 0.15) is 152 Å². The summed E-state index contributed by atoms with van der Waals surface area (Å²) in [6, 6.07) is 14.5. The highest BCUT2D eigenvalue weighted by atomic mass is 32.2. The Bertz CT molecular complexity index is 2280. The van der Waals surface area contributed by atoms with Crippen LogP contribution in [-0.2, 0) is 30.1 Å². The van der Waals surface area contributed by atoms with Gasteiger partial charge in [-0.15, -0.1) is 0 Å². The Hall–Kier alpha value is -3.63. The molecule has 4 rings (SSSR count). The molecule has 11 nitrogen and oxygen atoms in total. The molecule has 3 aromatic carbocycles. The SMILES string of the molecule is CC(C)c1cc(C(C)C)c(S(=O)(=O)N2C/C=C/CN(S(=O)(=O)c3ccc(NCCN)cc3)C/C=C/CN(S(=O)(=O)c3c(C(C)C)cc(C(C)C)cc3C(C)C)C/C=C/C2)c(C(C)C)c1. The zero-order valence-corrected chi connectivity index (χ0v) is 42.7. The van der Waals surface area contributed by atoms with Crippen LogP contribution in [0.25, 0.3) is 0 Å². The van der Waals surface area contributed by atoms with Crippen molar-refractivity contribution in [2.75, 3.05) is 57.7 Å². The van der Waals surface area contributed by atoms with Crippen molar-refractivity contribution in [1.29, 1.82) is 0 Å². The third-order valence-electron chi connectivity index (χ3n) is 11.7. The summed E-state index contributed by atoms with van der Waals surface area (Å²) in [7, 11) is -12.4. The van der Waals surface area contributed by atoms with Crippen molar-refractivity contribution in [3.05, 3.63) is 118 Å². The van der Waals surface area contributed by atoms with E-state index in [1.807, 2.05) is 79.7 Å². The fourth-order valence-electron chi connectivity index (χ4n) is 7.71. The summed E-state index contributed by atoms with van der Waals surface area (Å²) in [4.78, 5) is 0.662. The van der Waals surface area contributed by atoms with Crippen molar-refractivity contribution < 1.29 is 25.3 Å². The van der Waals surface area contributed by atoms with E-state index in [0.29, 0.717) is 13.1 Å². The van der Waals surface area contributed by atoms with Gasteiger partial charge in [-0.25, -0.2) is 25.3 Å². The number of benzene rings is 3. The van der Waals surface area contributed by atoms with Crippen molar-refractivity contribution >= 4 is 35.8 Å². The van der Waals surface area contributed by atoms with Gasteiger partial charge >= 0.3 is 0 Å². The summed E-state index contributed by atoms with van der Waals surface area (Å²) >= 11 is 0. The number of nitrogens with two attached hydrogens (primary N) is 1. The van der Waals surface area contributed by atoms with Gasteiger partial charge in [0.1, 0.15) is 0 Å². The molecule has 64 heavy (non-hydrogen) atoms. The fraction of sp³-hybridized carbons (Fsp3) is 0.520. The van der Waals surface area contributed by atoms with Crippen LogP contribution in [0.5, 0.6) is 0 Å². The lowest BCUT2D eigenvalue weighted by Gasteiger charge is -2.28. The van der Waals surface area contributed by atoms with Gasteiger partial charge in [-0.3, -0.25) is 0 Å². The molecule has 0 fully saturated rings. The summed E-state index contributed by atoms with van der Waals surface area (Å²) in [6.07, 6.45) is 10.2. The molecule has 0 saturated carbocycles. The average Bonchev–Trinajstić information content (AvgIpc) is 3.24. The third-order valence-corrected chi connectivity index (χ3v) is 17.5. The van der Waals surface area contributed by atoms with Gasteiger partial charge in [0.2, 0.25) is 30.1 Å². The van der Waals surface area contributed by atoms with E-state index in [9.17, 15) is 8.42 Å². The maximum Gasteiger partial charge on any atom is 0.244 e. The van der Waals surface area contributed by atoms with Crippen molar-refractivity contribution in [3.63, 3.8) is 0 Å². The second-order valence-electron chi connectivity index (χ2n) is 18.6. The molecule has 0 aliphatic carbocycles. The second-order valence-corrected chi connectivity index (χ2v) is 24.3. The van der Waals surface area contributed by atoms with E-state index in [1.54, 1.807) is 48.6 Å². The third kappa shape index (κ3) is 12.6.